The van der Waals surface area contributed by atoms with Crippen LogP contribution in [0.2, 0.25) is 0 Å². The van der Waals surface area contributed by atoms with Gasteiger partial charge in [-0.3, -0.25) is 0 Å². The number of nitrogens with zero attached hydrogens (tertiary/aromatic N) is 2. The van der Waals surface area contributed by atoms with Gasteiger partial charge in [-0.25, -0.2) is 4.98 Å². The Labute approximate surface area is 141 Å². The number of nitrogen functional groups attached to an aromatic ring is 1. The number of anilines is 2. The highest BCUT2D eigenvalue weighted by molar-refractivity contribution is 5.43. The minimum absolute atomic E-state index is 0.135. The fraction of sp³-hybridized carbons (Fsp3) is 0.375. The van der Waals surface area contributed by atoms with Crippen LogP contribution in [0.4, 0.5) is 24.9 Å². The number of rotatable bonds is 5. The van der Waals surface area contributed by atoms with Crippen LogP contribution in [0.25, 0.3) is 0 Å². The Morgan fingerprint density at radius 2 is 1.88 bits per heavy atom. The molecule has 3 rings (SSSR count). The quantitative estimate of drug-likeness (QED) is 0.765. The van der Waals surface area contributed by atoms with Crippen molar-refractivity contribution in [1.82, 2.24) is 9.97 Å². The average molecular weight is 354 g/mol. The number of ether oxygens (including phenoxy) is 1. The second kappa shape index (κ2) is 6.75. The van der Waals surface area contributed by atoms with Crippen molar-refractivity contribution in [3.05, 3.63) is 41.6 Å². The molecular formula is C16H17F3N4O2. The Morgan fingerprint density at radius 3 is 2.48 bits per heavy atom. The molecule has 1 fully saturated rings. The molecule has 1 aromatic carbocycles. The number of nitrogens with two attached hydrogens (primary N) is 1. The maximum absolute atomic E-state index is 12.1. The van der Waals surface area contributed by atoms with Crippen LogP contribution in [0.15, 0.2) is 30.3 Å². The van der Waals surface area contributed by atoms with E-state index in [0.717, 1.165) is 11.3 Å². The van der Waals surface area contributed by atoms with Gasteiger partial charge in [0, 0.05) is 18.5 Å². The highest BCUT2D eigenvalue weighted by atomic mass is 19.4. The van der Waals surface area contributed by atoms with Crippen molar-refractivity contribution in [2.45, 2.75) is 37.8 Å². The second-order valence-corrected chi connectivity index (χ2v) is 5.90. The lowest BCUT2D eigenvalue weighted by Crippen LogP contribution is -2.27. The van der Waals surface area contributed by atoms with E-state index in [1.54, 1.807) is 6.07 Å². The van der Waals surface area contributed by atoms with Gasteiger partial charge >= 0.3 is 6.36 Å². The third-order valence-electron chi connectivity index (χ3n) is 3.93. The molecule has 1 aliphatic carbocycles. The van der Waals surface area contributed by atoms with E-state index in [1.807, 2.05) is 0 Å². The first-order chi connectivity index (χ1) is 11.8. The molecule has 1 aromatic heterocycles. The van der Waals surface area contributed by atoms with Gasteiger partial charge in [0.2, 0.25) is 5.95 Å². The molecule has 0 aliphatic heterocycles. The molecule has 1 saturated carbocycles. The molecule has 1 aliphatic rings. The normalized spacial score (nSPS) is 20.0. The summed E-state index contributed by atoms with van der Waals surface area (Å²) in [6, 6.07) is 7.33. The minimum atomic E-state index is -4.70. The highest BCUT2D eigenvalue weighted by Gasteiger charge is 2.31. The monoisotopic (exact) mass is 354 g/mol. The van der Waals surface area contributed by atoms with Gasteiger partial charge in [0.15, 0.2) is 0 Å². The van der Waals surface area contributed by atoms with Gasteiger partial charge in [0.25, 0.3) is 0 Å². The van der Waals surface area contributed by atoms with E-state index in [2.05, 4.69) is 20.0 Å². The summed E-state index contributed by atoms with van der Waals surface area (Å²) >= 11 is 0. The summed E-state index contributed by atoms with van der Waals surface area (Å²) in [5.74, 6) is 0.558. The van der Waals surface area contributed by atoms with E-state index in [-0.39, 0.29) is 23.7 Å². The van der Waals surface area contributed by atoms with Crippen LogP contribution in [0.1, 0.15) is 30.0 Å². The summed E-state index contributed by atoms with van der Waals surface area (Å²) in [6.07, 6.45) is -3.70. The Morgan fingerprint density at radius 1 is 1.20 bits per heavy atom. The molecule has 0 bridgehead atoms. The molecule has 0 amide bonds. The van der Waals surface area contributed by atoms with Gasteiger partial charge in [-0.2, -0.15) is 4.98 Å². The summed E-state index contributed by atoms with van der Waals surface area (Å²) in [5.41, 5.74) is 7.24. The number of benzene rings is 1. The summed E-state index contributed by atoms with van der Waals surface area (Å²) in [4.78, 5) is 8.28. The number of aliphatic hydroxyl groups excluding tert-OH is 1. The largest absolute Gasteiger partial charge is 0.573 e. The first-order valence-corrected chi connectivity index (χ1v) is 7.69. The van der Waals surface area contributed by atoms with Crippen LogP contribution in [0.5, 0.6) is 5.75 Å². The molecule has 0 saturated heterocycles. The number of hydrogen-bond donors (Lipinski definition) is 3. The molecular weight excluding hydrogens is 337 g/mol. The smallest absolute Gasteiger partial charge is 0.406 e. The summed E-state index contributed by atoms with van der Waals surface area (Å²) in [5, 5.41) is 12.5. The lowest BCUT2D eigenvalue weighted by Gasteiger charge is -2.30. The second-order valence-electron chi connectivity index (χ2n) is 5.90. The Kier molecular flexibility index (Phi) is 4.67. The van der Waals surface area contributed by atoms with E-state index >= 15 is 0 Å². The first-order valence-electron chi connectivity index (χ1n) is 7.69. The van der Waals surface area contributed by atoms with Crippen molar-refractivity contribution in [2.24, 2.45) is 0 Å². The summed E-state index contributed by atoms with van der Waals surface area (Å²) < 4.78 is 40.2. The van der Waals surface area contributed by atoms with E-state index in [9.17, 15) is 18.3 Å². The van der Waals surface area contributed by atoms with Crippen molar-refractivity contribution in [3.63, 3.8) is 0 Å². The van der Waals surface area contributed by atoms with Crippen molar-refractivity contribution in [1.29, 1.82) is 0 Å². The standard InChI is InChI=1S/C16H17F3N4O2/c17-16(18,19)25-12-3-1-9(2-4-12)8-21-14-7-13(22-15(20)23-14)10-5-11(24)6-10/h1-4,7,10-11,24H,5-6,8H2,(H3,20,21,22,23). The van der Waals surface area contributed by atoms with Crippen molar-refractivity contribution in [3.8, 4) is 5.75 Å². The van der Waals surface area contributed by atoms with Crippen LogP contribution in [0, 0.1) is 0 Å². The number of halogens is 3. The number of alkyl halides is 3. The highest BCUT2D eigenvalue weighted by Crippen LogP contribution is 2.36. The fourth-order valence-electron chi connectivity index (χ4n) is 2.62. The molecule has 6 nitrogen and oxygen atoms in total. The zero-order chi connectivity index (χ0) is 18.0. The lowest BCUT2D eigenvalue weighted by atomic mass is 9.80. The van der Waals surface area contributed by atoms with Gasteiger partial charge in [-0.1, -0.05) is 12.1 Å². The van der Waals surface area contributed by atoms with Crippen LogP contribution >= 0.6 is 0 Å². The molecule has 2 aromatic rings. The minimum Gasteiger partial charge on any atom is -0.406 e. The maximum atomic E-state index is 12.1. The van der Waals surface area contributed by atoms with Gasteiger partial charge in [0.05, 0.1) is 11.8 Å². The fourth-order valence-corrected chi connectivity index (χ4v) is 2.62. The van der Waals surface area contributed by atoms with Crippen LogP contribution in [-0.4, -0.2) is 27.5 Å². The zero-order valence-electron chi connectivity index (χ0n) is 13.1. The molecule has 0 spiro atoms. The number of aromatic nitrogens is 2. The zero-order valence-corrected chi connectivity index (χ0v) is 13.1. The Bertz CT molecular complexity index is 731. The molecule has 4 N–H and O–H groups in total. The predicted octanol–water partition coefficient (Wildman–Crippen LogP) is 2.81. The van der Waals surface area contributed by atoms with Crippen molar-refractivity contribution >= 4 is 11.8 Å². The average Bonchev–Trinajstić information content (AvgIpc) is 2.49. The SMILES string of the molecule is Nc1nc(NCc2ccc(OC(F)(F)F)cc2)cc(C2CC(O)C2)n1. The lowest BCUT2D eigenvalue weighted by molar-refractivity contribution is -0.274. The van der Waals surface area contributed by atoms with Crippen LogP contribution in [-0.2, 0) is 6.54 Å². The molecule has 1 heterocycles. The third-order valence-corrected chi connectivity index (χ3v) is 3.93. The van der Waals surface area contributed by atoms with E-state index < -0.39 is 6.36 Å². The Hall–Kier alpha value is -2.55. The third kappa shape index (κ3) is 4.72. The summed E-state index contributed by atoms with van der Waals surface area (Å²) in [6.45, 7) is 0.357. The molecule has 9 heteroatoms. The van der Waals surface area contributed by atoms with Crippen LogP contribution in [0.3, 0.4) is 0 Å². The van der Waals surface area contributed by atoms with Gasteiger partial charge in [-0.05, 0) is 30.5 Å². The van der Waals surface area contributed by atoms with Gasteiger partial charge < -0.3 is 20.9 Å². The van der Waals surface area contributed by atoms with E-state index in [0.29, 0.717) is 25.2 Å². The first kappa shape index (κ1) is 17.3. The molecule has 0 atom stereocenters. The maximum Gasteiger partial charge on any atom is 0.573 e. The predicted molar refractivity (Wildman–Crippen MR) is 84.9 cm³/mol. The molecule has 134 valence electrons. The molecule has 0 unspecified atom stereocenters. The van der Waals surface area contributed by atoms with Gasteiger partial charge in [-0.15, -0.1) is 13.2 Å². The number of hydrogen-bond acceptors (Lipinski definition) is 6. The molecule has 0 radical (unpaired) electrons. The summed E-state index contributed by atoms with van der Waals surface area (Å²) in [7, 11) is 0. The number of nitrogens with one attached hydrogen (secondary N) is 1. The molecule has 25 heavy (non-hydrogen) atoms. The van der Waals surface area contributed by atoms with Crippen LogP contribution < -0.4 is 15.8 Å². The Balaban J connectivity index is 1.61. The van der Waals surface area contributed by atoms with Crippen molar-refractivity contribution < 1.29 is 23.0 Å². The topological polar surface area (TPSA) is 93.3 Å². The van der Waals surface area contributed by atoms with E-state index in [4.69, 9.17) is 5.73 Å². The van der Waals surface area contributed by atoms with Gasteiger partial charge in [0.1, 0.15) is 11.6 Å². The van der Waals surface area contributed by atoms with E-state index in [1.165, 1.54) is 24.3 Å². The van der Waals surface area contributed by atoms with Crippen molar-refractivity contribution in [2.75, 3.05) is 11.1 Å². The number of aliphatic hydroxyl groups is 1.